The van der Waals surface area contributed by atoms with Crippen LogP contribution in [0.4, 0.5) is 0 Å². The monoisotopic (exact) mass is 425 g/mol. The summed E-state index contributed by atoms with van der Waals surface area (Å²) in [6, 6.07) is 12.9. The van der Waals surface area contributed by atoms with Crippen molar-refractivity contribution in [3.8, 4) is 17.0 Å². The molecule has 3 nitrogen and oxygen atoms in total. The van der Waals surface area contributed by atoms with Crippen molar-refractivity contribution in [3.63, 3.8) is 0 Å². The van der Waals surface area contributed by atoms with Crippen LogP contribution in [0.25, 0.3) is 11.3 Å². The second-order valence-corrected chi connectivity index (χ2v) is 8.47. The van der Waals surface area contributed by atoms with Crippen LogP contribution in [0, 0.1) is 0 Å². The molecule has 0 saturated heterocycles. The molecule has 0 amide bonds. The molecule has 0 saturated carbocycles. The fourth-order valence-corrected chi connectivity index (χ4v) is 3.64. The summed E-state index contributed by atoms with van der Waals surface area (Å²) in [7, 11) is 0. The van der Waals surface area contributed by atoms with Gasteiger partial charge in [0.15, 0.2) is 0 Å². The molecule has 1 aromatic carbocycles. The Morgan fingerprint density at radius 1 is 0.645 bits per heavy atom. The Hall–Kier alpha value is -1.87. The molecule has 3 heteroatoms. The highest BCUT2D eigenvalue weighted by atomic mass is 16.5. The summed E-state index contributed by atoms with van der Waals surface area (Å²) in [5.41, 5.74) is 3.59. The lowest BCUT2D eigenvalue weighted by Gasteiger charge is -2.08. The van der Waals surface area contributed by atoms with Gasteiger partial charge in [-0.2, -0.15) is 0 Å². The topological polar surface area (TPSA) is 31.4 Å². The second-order valence-electron chi connectivity index (χ2n) is 8.47. The predicted molar refractivity (Wildman–Crippen MR) is 132 cm³/mol. The lowest BCUT2D eigenvalue weighted by atomic mass is 10.0. The molecule has 0 fully saturated rings. The van der Waals surface area contributed by atoms with Crippen LogP contribution in [0.2, 0.25) is 0 Å². The number of hydrogen-bond donors (Lipinski definition) is 0. The van der Waals surface area contributed by atoms with Gasteiger partial charge in [0.05, 0.1) is 18.5 Å². The van der Waals surface area contributed by atoms with Gasteiger partial charge in [-0.15, -0.1) is 0 Å². The van der Waals surface area contributed by atoms with E-state index in [0.29, 0.717) is 6.61 Å². The molecule has 1 aromatic heterocycles. The number of aryl methyl sites for hydroxylation is 1. The molecule has 2 rings (SSSR count). The van der Waals surface area contributed by atoms with Crippen molar-refractivity contribution in [2.45, 2.75) is 90.9 Å². The minimum absolute atomic E-state index is 0.715. The summed E-state index contributed by atoms with van der Waals surface area (Å²) in [6.45, 7) is 6.92. The van der Waals surface area contributed by atoms with Gasteiger partial charge >= 0.3 is 0 Å². The normalized spacial score (nSPS) is 11.0. The molecule has 0 radical (unpaired) electrons. The summed E-state index contributed by atoms with van der Waals surface area (Å²) in [5.74, 6) is 0.840. The number of hydrogen-bond acceptors (Lipinski definition) is 3. The summed E-state index contributed by atoms with van der Waals surface area (Å²) in [5, 5.41) is 0. The molecule has 0 aliphatic carbocycles. The maximum Gasteiger partial charge on any atom is 0.137 e. The smallest absolute Gasteiger partial charge is 0.137 e. The Morgan fingerprint density at radius 2 is 1.29 bits per heavy atom. The van der Waals surface area contributed by atoms with Crippen molar-refractivity contribution in [2.75, 3.05) is 19.8 Å². The van der Waals surface area contributed by atoms with Gasteiger partial charge in [0.25, 0.3) is 0 Å². The van der Waals surface area contributed by atoms with E-state index in [0.717, 1.165) is 37.5 Å². The summed E-state index contributed by atoms with van der Waals surface area (Å²) < 4.78 is 11.5. The third kappa shape index (κ3) is 11.4. The highest BCUT2D eigenvalue weighted by molar-refractivity contribution is 5.59. The average molecular weight is 426 g/mol. The minimum Gasteiger partial charge on any atom is -0.492 e. The van der Waals surface area contributed by atoms with E-state index in [1.807, 2.05) is 12.3 Å². The van der Waals surface area contributed by atoms with Gasteiger partial charge in [-0.1, -0.05) is 83.1 Å². The van der Waals surface area contributed by atoms with Crippen LogP contribution in [0.15, 0.2) is 42.6 Å². The van der Waals surface area contributed by atoms with Gasteiger partial charge in [-0.3, -0.25) is 4.98 Å². The Labute approximate surface area is 190 Å². The van der Waals surface area contributed by atoms with Crippen molar-refractivity contribution >= 4 is 0 Å². The number of unbranched alkanes of at least 4 members (excludes halogenated alkanes) is 8. The van der Waals surface area contributed by atoms with E-state index in [2.05, 4.69) is 49.2 Å². The number of pyridine rings is 1. The zero-order valence-corrected chi connectivity index (χ0v) is 19.9. The molecule has 0 N–H and O–H groups in total. The highest BCUT2D eigenvalue weighted by Gasteiger charge is 2.02. The van der Waals surface area contributed by atoms with E-state index in [-0.39, 0.29) is 0 Å². The number of aromatic nitrogens is 1. The fraction of sp³-hybridized carbons (Fsp3) is 0.607. The van der Waals surface area contributed by atoms with Crippen LogP contribution in [-0.4, -0.2) is 24.8 Å². The van der Waals surface area contributed by atoms with Gasteiger partial charge in [-0.25, -0.2) is 0 Å². The van der Waals surface area contributed by atoms with Gasteiger partial charge in [-0.05, 0) is 49.8 Å². The number of ether oxygens (including phenoxy) is 2. The van der Waals surface area contributed by atoms with Crippen molar-refractivity contribution in [1.82, 2.24) is 4.98 Å². The molecule has 0 spiro atoms. The fourth-order valence-electron chi connectivity index (χ4n) is 3.64. The minimum atomic E-state index is 0.715. The third-order valence-electron chi connectivity index (χ3n) is 5.65. The molecule has 31 heavy (non-hydrogen) atoms. The predicted octanol–water partition coefficient (Wildman–Crippen LogP) is 8.02. The maximum absolute atomic E-state index is 5.82. The molecular formula is C28H43NO2. The maximum atomic E-state index is 5.82. The molecule has 1 heterocycles. The summed E-state index contributed by atoms with van der Waals surface area (Å²) >= 11 is 0. The molecule has 0 atom stereocenters. The van der Waals surface area contributed by atoms with Crippen LogP contribution in [0.5, 0.6) is 5.75 Å². The Bertz CT molecular complexity index is 666. The van der Waals surface area contributed by atoms with Crippen molar-refractivity contribution in [2.24, 2.45) is 0 Å². The van der Waals surface area contributed by atoms with E-state index in [1.54, 1.807) is 0 Å². The van der Waals surface area contributed by atoms with Crippen molar-refractivity contribution in [3.05, 3.63) is 48.2 Å². The zero-order chi connectivity index (χ0) is 22.0. The summed E-state index contributed by atoms with van der Waals surface area (Å²) in [4.78, 5) is 4.59. The first-order valence-corrected chi connectivity index (χ1v) is 12.6. The van der Waals surface area contributed by atoms with Crippen LogP contribution in [0.1, 0.15) is 90.0 Å². The lowest BCUT2D eigenvalue weighted by molar-refractivity contribution is 0.123. The number of benzene rings is 1. The first-order chi connectivity index (χ1) is 15.3. The molecule has 0 aliphatic heterocycles. The average Bonchev–Trinajstić information content (AvgIpc) is 2.81. The molecular weight excluding hydrogens is 382 g/mol. The molecule has 0 unspecified atom stereocenters. The first-order valence-electron chi connectivity index (χ1n) is 12.6. The third-order valence-corrected chi connectivity index (χ3v) is 5.65. The van der Waals surface area contributed by atoms with E-state index in [9.17, 15) is 0 Å². The highest BCUT2D eigenvalue weighted by Crippen LogP contribution is 2.21. The standard InChI is InChI=1S/C28H43NO2/c1-3-5-7-8-9-10-14-25-15-17-26(18-16-25)28-20-19-27(24-29-28)31-23-13-12-22-30-21-11-6-4-2/h15-20,24H,3-14,21-23H2,1-2H3. The number of nitrogens with zero attached hydrogens (tertiary/aromatic N) is 1. The van der Waals surface area contributed by atoms with Crippen LogP contribution in [0.3, 0.4) is 0 Å². The Kier molecular flexibility index (Phi) is 13.7. The van der Waals surface area contributed by atoms with Crippen LogP contribution < -0.4 is 4.74 Å². The molecule has 172 valence electrons. The lowest BCUT2D eigenvalue weighted by Crippen LogP contribution is -2.02. The quantitative estimate of drug-likeness (QED) is 0.227. The van der Waals surface area contributed by atoms with Gasteiger partial charge < -0.3 is 9.47 Å². The molecule has 0 bridgehead atoms. The van der Waals surface area contributed by atoms with Crippen LogP contribution in [-0.2, 0) is 11.2 Å². The number of rotatable bonds is 18. The Balaban J connectivity index is 1.62. The van der Waals surface area contributed by atoms with Crippen molar-refractivity contribution in [1.29, 1.82) is 0 Å². The van der Waals surface area contributed by atoms with E-state index in [1.165, 1.54) is 75.3 Å². The largest absolute Gasteiger partial charge is 0.492 e. The van der Waals surface area contributed by atoms with Gasteiger partial charge in [0.2, 0.25) is 0 Å². The van der Waals surface area contributed by atoms with E-state index < -0.39 is 0 Å². The van der Waals surface area contributed by atoms with Gasteiger partial charge in [0, 0.05) is 18.8 Å². The summed E-state index contributed by atoms with van der Waals surface area (Å²) in [6.07, 6.45) is 16.8. The van der Waals surface area contributed by atoms with Crippen molar-refractivity contribution < 1.29 is 9.47 Å². The molecule has 0 aliphatic rings. The Morgan fingerprint density at radius 3 is 2.00 bits per heavy atom. The first kappa shape index (κ1) is 25.4. The second kappa shape index (κ2) is 16.8. The van der Waals surface area contributed by atoms with Crippen LogP contribution >= 0.6 is 0 Å². The van der Waals surface area contributed by atoms with E-state index >= 15 is 0 Å². The van der Waals surface area contributed by atoms with Gasteiger partial charge in [0.1, 0.15) is 5.75 Å². The molecule has 2 aromatic rings. The SMILES string of the molecule is CCCCCCCCc1ccc(-c2ccc(OCCCCOCCCCC)cn2)cc1. The van der Waals surface area contributed by atoms with E-state index in [4.69, 9.17) is 9.47 Å². The zero-order valence-electron chi connectivity index (χ0n) is 19.9.